The van der Waals surface area contributed by atoms with Crippen LogP contribution in [0.15, 0.2) is 12.4 Å². The van der Waals surface area contributed by atoms with E-state index in [0.717, 1.165) is 0 Å². The third kappa shape index (κ3) is 2.56. The quantitative estimate of drug-likeness (QED) is 0.660. The number of hydrogen-bond donors (Lipinski definition) is 3. The Bertz CT molecular complexity index is 311. The van der Waals surface area contributed by atoms with Gasteiger partial charge < -0.3 is 16.2 Å². The Hall–Kier alpha value is -1.36. The fraction of sp³-hybridized carbons (Fsp3) is 0.556. The molecule has 5 heteroatoms. The molecule has 0 saturated carbocycles. The highest BCUT2D eigenvalue weighted by molar-refractivity contribution is 5.45. The summed E-state index contributed by atoms with van der Waals surface area (Å²) in [5, 5.41) is 12.6. The van der Waals surface area contributed by atoms with Crippen molar-refractivity contribution in [1.82, 2.24) is 9.97 Å². The van der Waals surface area contributed by atoms with Crippen LogP contribution in [0, 0.1) is 0 Å². The number of rotatable bonds is 3. The highest BCUT2D eigenvalue weighted by Gasteiger charge is 2.23. The molecule has 0 saturated heterocycles. The summed E-state index contributed by atoms with van der Waals surface area (Å²) in [4.78, 5) is 7.77. The van der Waals surface area contributed by atoms with Gasteiger partial charge >= 0.3 is 0 Å². The average molecular weight is 196 g/mol. The molecular weight excluding hydrogens is 180 g/mol. The van der Waals surface area contributed by atoms with Crippen molar-refractivity contribution in [3.05, 3.63) is 12.4 Å². The summed E-state index contributed by atoms with van der Waals surface area (Å²) in [6.45, 7) is 5.49. The number of aromatic nitrogens is 2. The van der Waals surface area contributed by atoms with Crippen LogP contribution in [0.3, 0.4) is 0 Å². The van der Waals surface area contributed by atoms with Crippen molar-refractivity contribution in [3.63, 3.8) is 0 Å². The molecule has 1 aromatic heterocycles. The summed E-state index contributed by atoms with van der Waals surface area (Å²) >= 11 is 0. The minimum atomic E-state index is -0.487. The van der Waals surface area contributed by atoms with Crippen molar-refractivity contribution >= 4 is 11.6 Å². The van der Waals surface area contributed by atoms with Gasteiger partial charge in [-0.2, -0.15) is 0 Å². The Kier molecular flexibility index (Phi) is 2.90. The largest absolute Gasteiger partial charge is 0.391 e. The van der Waals surface area contributed by atoms with Gasteiger partial charge in [0.05, 0.1) is 11.6 Å². The molecule has 5 nitrogen and oxygen atoms in total. The number of nitrogens with zero attached hydrogens (tertiary/aromatic N) is 2. The van der Waals surface area contributed by atoms with Crippen LogP contribution in [0.2, 0.25) is 0 Å². The first-order chi connectivity index (χ1) is 6.42. The lowest BCUT2D eigenvalue weighted by Crippen LogP contribution is -2.42. The monoisotopic (exact) mass is 196 g/mol. The first-order valence-electron chi connectivity index (χ1n) is 4.45. The topological polar surface area (TPSA) is 84.1 Å². The predicted octanol–water partition coefficient (Wildman–Crippen LogP) is 0.630. The highest BCUT2D eigenvalue weighted by Crippen LogP contribution is 2.16. The molecule has 0 aliphatic heterocycles. The molecule has 1 aromatic rings. The Morgan fingerprint density at radius 3 is 2.64 bits per heavy atom. The maximum Gasteiger partial charge on any atom is 0.131 e. The third-order valence-corrected chi connectivity index (χ3v) is 2.18. The van der Waals surface area contributed by atoms with Crippen LogP contribution in [-0.2, 0) is 0 Å². The zero-order chi connectivity index (χ0) is 10.8. The molecule has 1 heterocycles. The van der Waals surface area contributed by atoms with Crippen molar-refractivity contribution in [1.29, 1.82) is 0 Å². The molecule has 78 valence electrons. The second-order valence-corrected chi connectivity index (χ2v) is 3.85. The Labute approximate surface area is 83.4 Å². The van der Waals surface area contributed by atoms with E-state index in [0.29, 0.717) is 11.6 Å². The molecule has 14 heavy (non-hydrogen) atoms. The molecule has 0 aliphatic carbocycles. The molecule has 0 spiro atoms. The molecular formula is C9H16N4O. The number of hydrogen-bond acceptors (Lipinski definition) is 5. The van der Waals surface area contributed by atoms with Gasteiger partial charge in [0.2, 0.25) is 0 Å². The highest BCUT2D eigenvalue weighted by atomic mass is 16.3. The molecule has 0 aliphatic rings. The van der Waals surface area contributed by atoms with Crippen molar-refractivity contribution < 1.29 is 5.11 Å². The molecule has 0 fully saturated rings. The molecule has 4 N–H and O–H groups in total. The fourth-order valence-corrected chi connectivity index (χ4v) is 0.875. The number of nitrogen functional groups attached to an aromatic ring is 1. The van der Waals surface area contributed by atoms with E-state index in [-0.39, 0.29) is 0 Å². The van der Waals surface area contributed by atoms with E-state index in [1.807, 2.05) is 13.8 Å². The normalized spacial score (nSPS) is 13.7. The van der Waals surface area contributed by atoms with Gasteiger partial charge in [-0.3, -0.25) is 0 Å². The van der Waals surface area contributed by atoms with Gasteiger partial charge in [-0.25, -0.2) is 9.97 Å². The van der Waals surface area contributed by atoms with Crippen LogP contribution in [0.25, 0.3) is 0 Å². The summed E-state index contributed by atoms with van der Waals surface area (Å²) < 4.78 is 0. The maximum atomic E-state index is 9.47. The van der Waals surface area contributed by atoms with E-state index >= 15 is 0 Å². The maximum absolute atomic E-state index is 9.47. The summed E-state index contributed by atoms with van der Waals surface area (Å²) in [5.74, 6) is 1.02. The third-order valence-electron chi connectivity index (χ3n) is 2.18. The minimum Gasteiger partial charge on any atom is -0.391 e. The smallest absolute Gasteiger partial charge is 0.131 e. The first-order valence-corrected chi connectivity index (χ1v) is 4.45. The molecule has 1 unspecified atom stereocenters. The van der Waals surface area contributed by atoms with Gasteiger partial charge in [0.1, 0.15) is 18.0 Å². The van der Waals surface area contributed by atoms with Crippen LogP contribution in [-0.4, -0.2) is 26.7 Å². The van der Waals surface area contributed by atoms with Gasteiger partial charge in [-0.15, -0.1) is 0 Å². The van der Waals surface area contributed by atoms with E-state index in [4.69, 9.17) is 5.73 Å². The summed E-state index contributed by atoms with van der Waals surface area (Å²) in [6, 6.07) is 1.63. The van der Waals surface area contributed by atoms with Crippen LogP contribution >= 0.6 is 0 Å². The van der Waals surface area contributed by atoms with Gasteiger partial charge in [0.15, 0.2) is 0 Å². The lowest BCUT2D eigenvalue weighted by molar-refractivity contribution is 0.133. The molecule has 0 amide bonds. The summed E-state index contributed by atoms with van der Waals surface area (Å²) in [6.07, 6.45) is 0.897. The molecule has 1 atom stereocenters. The zero-order valence-electron chi connectivity index (χ0n) is 8.65. The van der Waals surface area contributed by atoms with Gasteiger partial charge in [0.25, 0.3) is 0 Å². The van der Waals surface area contributed by atoms with E-state index in [1.54, 1.807) is 13.0 Å². The van der Waals surface area contributed by atoms with Crippen LogP contribution in [0.4, 0.5) is 11.6 Å². The van der Waals surface area contributed by atoms with Crippen molar-refractivity contribution in [3.8, 4) is 0 Å². The Morgan fingerprint density at radius 2 is 2.14 bits per heavy atom. The van der Waals surface area contributed by atoms with Crippen molar-refractivity contribution in [2.75, 3.05) is 11.1 Å². The van der Waals surface area contributed by atoms with Gasteiger partial charge in [-0.1, -0.05) is 0 Å². The molecule has 1 rings (SSSR count). The SMILES string of the molecule is CC(O)C(C)(C)Nc1cc(N)ncn1. The van der Waals surface area contributed by atoms with Crippen molar-refractivity contribution in [2.24, 2.45) is 0 Å². The van der Waals surface area contributed by atoms with Crippen molar-refractivity contribution in [2.45, 2.75) is 32.4 Å². The second kappa shape index (κ2) is 3.79. The van der Waals surface area contributed by atoms with Crippen LogP contribution in [0.5, 0.6) is 0 Å². The Morgan fingerprint density at radius 1 is 1.50 bits per heavy atom. The average Bonchev–Trinajstić information content (AvgIpc) is 2.02. The number of aliphatic hydroxyl groups is 1. The molecule has 0 aromatic carbocycles. The minimum absolute atomic E-state index is 0.406. The number of nitrogens with one attached hydrogen (secondary N) is 1. The van der Waals surface area contributed by atoms with Crippen LogP contribution in [0.1, 0.15) is 20.8 Å². The number of aliphatic hydroxyl groups excluding tert-OH is 1. The van der Waals surface area contributed by atoms with E-state index in [1.165, 1.54) is 6.33 Å². The van der Waals surface area contributed by atoms with Gasteiger partial charge in [-0.05, 0) is 20.8 Å². The van der Waals surface area contributed by atoms with E-state index in [2.05, 4.69) is 15.3 Å². The fourth-order valence-electron chi connectivity index (χ4n) is 0.875. The number of nitrogens with two attached hydrogens (primary N) is 1. The number of anilines is 2. The summed E-state index contributed by atoms with van der Waals surface area (Å²) in [7, 11) is 0. The lowest BCUT2D eigenvalue weighted by atomic mass is 9.99. The molecule has 0 bridgehead atoms. The Balaban J connectivity index is 2.78. The standard InChI is InChI=1S/C9H16N4O/c1-6(14)9(2,3)13-8-4-7(10)11-5-12-8/h4-6,14H,1-3H3,(H3,10,11,12,13). The lowest BCUT2D eigenvalue weighted by Gasteiger charge is -2.29. The second-order valence-electron chi connectivity index (χ2n) is 3.85. The van der Waals surface area contributed by atoms with Crippen LogP contribution < -0.4 is 11.1 Å². The summed E-state index contributed by atoms with van der Waals surface area (Å²) in [5.41, 5.74) is 5.06. The van der Waals surface area contributed by atoms with Gasteiger partial charge in [0, 0.05) is 6.07 Å². The van der Waals surface area contributed by atoms with E-state index < -0.39 is 11.6 Å². The van der Waals surface area contributed by atoms with E-state index in [9.17, 15) is 5.11 Å². The molecule has 0 radical (unpaired) electrons. The zero-order valence-corrected chi connectivity index (χ0v) is 8.65. The first kappa shape index (κ1) is 10.7. The predicted molar refractivity (Wildman–Crippen MR) is 55.8 cm³/mol.